The fourth-order valence-corrected chi connectivity index (χ4v) is 1.51. The standard InChI is InChI=1S/C13H16O4/c1-9-6-7-10(12(15)8-9)11(14)4-3-5-13(16)17-2/h6-8,15H,3-5H2,1-2H3. The van der Waals surface area contributed by atoms with Crippen LogP contribution < -0.4 is 0 Å². The normalized spacial score (nSPS) is 10.0. The number of carbonyl (C=O) groups is 2. The van der Waals surface area contributed by atoms with E-state index in [-0.39, 0.29) is 30.3 Å². The van der Waals surface area contributed by atoms with Crippen molar-refractivity contribution < 1.29 is 19.4 Å². The van der Waals surface area contributed by atoms with E-state index in [4.69, 9.17) is 0 Å². The summed E-state index contributed by atoms with van der Waals surface area (Å²) in [6.45, 7) is 1.84. The monoisotopic (exact) mass is 236 g/mol. The first-order valence-corrected chi connectivity index (χ1v) is 5.44. The van der Waals surface area contributed by atoms with Gasteiger partial charge in [0.25, 0.3) is 0 Å². The van der Waals surface area contributed by atoms with Gasteiger partial charge in [-0.15, -0.1) is 0 Å². The number of benzene rings is 1. The van der Waals surface area contributed by atoms with Crippen LogP contribution in [0.3, 0.4) is 0 Å². The first-order chi connectivity index (χ1) is 8.04. The number of ether oxygens (including phenoxy) is 1. The molecule has 0 aliphatic rings. The molecule has 1 aromatic rings. The molecule has 4 nitrogen and oxygen atoms in total. The van der Waals surface area contributed by atoms with Crippen molar-refractivity contribution in [1.29, 1.82) is 0 Å². The maximum absolute atomic E-state index is 11.7. The molecular weight excluding hydrogens is 220 g/mol. The van der Waals surface area contributed by atoms with Crippen LogP contribution in [0.15, 0.2) is 18.2 Å². The summed E-state index contributed by atoms with van der Waals surface area (Å²) in [5.74, 6) is -0.495. The first-order valence-electron chi connectivity index (χ1n) is 5.44. The summed E-state index contributed by atoms with van der Waals surface area (Å²) >= 11 is 0. The number of ketones is 1. The van der Waals surface area contributed by atoms with Gasteiger partial charge in [0.1, 0.15) is 5.75 Å². The van der Waals surface area contributed by atoms with Crippen LogP contribution in [0.4, 0.5) is 0 Å². The molecule has 0 saturated carbocycles. The predicted octanol–water partition coefficient (Wildman–Crippen LogP) is 2.23. The molecular formula is C13H16O4. The van der Waals surface area contributed by atoms with Crippen molar-refractivity contribution in [2.24, 2.45) is 0 Å². The molecule has 0 spiro atoms. The number of rotatable bonds is 5. The Morgan fingerprint density at radius 2 is 2.00 bits per heavy atom. The van der Waals surface area contributed by atoms with Crippen LogP contribution in [-0.2, 0) is 9.53 Å². The third-order valence-corrected chi connectivity index (χ3v) is 2.47. The summed E-state index contributed by atoms with van der Waals surface area (Å²) < 4.78 is 4.48. The molecule has 0 aliphatic carbocycles. The number of phenolic OH excluding ortho intramolecular Hbond substituents is 1. The van der Waals surface area contributed by atoms with E-state index in [1.165, 1.54) is 7.11 Å². The van der Waals surface area contributed by atoms with Crippen molar-refractivity contribution in [1.82, 2.24) is 0 Å². The molecule has 0 aliphatic heterocycles. The van der Waals surface area contributed by atoms with Gasteiger partial charge >= 0.3 is 5.97 Å². The molecule has 0 bridgehead atoms. The zero-order valence-electron chi connectivity index (χ0n) is 10.0. The van der Waals surface area contributed by atoms with Crippen molar-refractivity contribution in [2.75, 3.05) is 7.11 Å². The lowest BCUT2D eigenvalue weighted by Gasteiger charge is -2.04. The summed E-state index contributed by atoms with van der Waals surface area (Å²) in [4.78, 5) is 22.6. The molecule has 4 heteroatoms. The highest BCUT2D eigenvalue weighted by Gasteiger charge is 2.11. The van der Waals surface area contributed by atoms with Gasteiger partial charge in [0.15, 0.2) is 5.78 Å². The lowest BCUT2D eigenvalue weighted by molar-refractivity contribution is -0.140. The molecule has 0 heterocycles. The van der Waals surface area contributed by atoms with Gasteiger partial charge in [-0.25, -0.2) is 0 Å². The van der Waals surface area contributed by atoms with Gasteiger partial charge < -0.3 is 9.84 Å². The number of aromatic hydroxyl groups is 1. The van der Waals surface area contributed by atoms with Crippen molar-refractivity contribution in [3.8, 4) is 5.75 Å². The zero-order valence-corrected chi connectivity index (χ0v) is 10.0. The van der Waals surface area contributed by atoms with E-state index in [0.29, 0.717) is 12.0 Å². The summed E-state index contributed by atoms with van der Waals surface area (Å²) in [7, 11) is 1.32. The molecule has 1 rings (SSSR count). The molecule has 1 N–H and O–H groups in total. The summed E-state index contributed by atoms with van der Waals surface area (Å²) in [6, 6.07) is 4.92. The SMILES string of the molecule is COC(=O)CCCC(=O)c1ccc(C)cc1O. The molecule has 0 saturated heterocycles. The summed E-state index contributed by atoms with van der Waals surface area (Å²) in [6.07, 6.45) is 0.874. The third-order valence-electron chi connectivity index (χ3n) is 2.47. The van der Waals surface area contributed by atoms with Gasteiger partial charge in [0.2, 0.25) is 0 Å². The van der Waals surface area contributed by atoms with Crippen molar-refractivity contribution >= 4 is 11.8 Å². The van der Waals surface area contributed by atoms with Gasteiger partial charge in [0, 0.05) is 12.8 Å². The van der Waals surface area contributed by atoms with Gasteiger partial charge in [0.05, 0.1) is 12.7 Å². The Hall–Kier alpha value is -1.84. The van der Waals surface area contributed by atoms with Crippen LogP contribution in [0.25, 0.3) is 0 Å². The van der Waals surface area contributed by atoms with Crippen molar-refractivity contribution in [3.05, 3.63) is 29.3 Å². The lowest BCUT2D eigenvalue weighted by atomic mass is 10.0. The average molecular weight is 236 g/mol. The summed E-state index contributed by atoms with van der Waals surface area (Å²) in [5, 5.41) is 9.60. The van der Waals surface area contributed by atoms with E-state index in [1.807, 2.05) is 6.92 Å². The fraction of sp³-hybridized carbons (Fsp3) is 0.385. The molecule has 0 radical (unpaired) electrons. The number of phenols is 1. The summed E-state index contributed by atoms with van der Waals surface area (Å²) in [5.41, 5.74) is 1.20. The van der Waals surface area contributed by atoms with Crippen LogP contribution in [0.1, 0.15) is 35.2 Å². The van der Waals surface area contributed by atoms with Gasteiger partial charge in [-0.2, -0.15) is 0 Å². The Morgan fingerprint density at radius 1 is 1.29 bits per heavy atom. The molecule has 92 valence electrons. The highest BCUT2D eigenvalue weighted by Crippen LogP contribution is 2.20. The number of hydrogen-bond donors (Lipinski definition) is 1. The molecule has 0 unspecified atom stereocenters. The Labute approximate surface area is 100 Å². The molecule has 0 fully saturated rings. The van der Waals surface area contributed by atoms with Gasteiger partial charge in [-0.05, 0) is 31.0 Å². The molecule has 0 amide bonds. The van der Waals surface area contributed by atoms with E-state index < -0.39 is 0 Å². The van der Waals surface area contributed by atoms with E-state index in [1.54, 1.807) is 18.2 Å². The maximum atomic E-state index is 11.7. The second kappa shape index (κ2) is 6.03. The third kappa shape index (κ3) is 3.90. The van der Waals surface area contributed by atoms with Crippen molar-refractivity contribution in [3.63, 3.8) is 0 Å². The second-order valence-electron chi connectivity index (χ2n) is 3.87. The van der Waals surface area contributed by atoms with Crippen LogP contribution in [-0.4, -0.2) is 24.0 Å². The minimum absolute atomic E-state index is 0.00642. The molecule has 0 aromatic heterocycles. The number of aryl methyl sites for hydroxylation is 1. The Bertz CT molecular complexity index is 423. The smallest absolute Gasteiger partial charge is 0.305 e. The van der Waals surface area contributed by atoms with Crippen LogP contribution in [0.2, 0.25) is 0 Å². The first kappa shape index (κ1) is 13.2. The minimum atomic E-state index is -0.328. The van der Waals surface area contributed by atoms with Crippen LogP contribution in [0.5, 0.6) is 5.75 Å². The predicted molar refractivity (Wildman–Crippen MR) is 63.0 cm³/mol. The molecule has 1 aromatic carbocycles. The van der Waals surface area contributed by atoms with E-state index >= 15 is 0 Å². The number of methoxy groups -OCH3 is 1. The van der Waals surface area contributed by atoms with Crippen LogP contribution >= 0.6 is 0 Å². The zero-order chi connectivity index (χ0) is 12.8. The second-order valence-corrected chi connectivity index (χ2v) is 3.87. The van der Waals surface area contributed by atoms with E-state index in [2.05, 4.69) is 4.74 Å². The largest absolute Gasteiger partial charge is 0.507 e. The van der Waals surface area contributed by atoms with Gasteiger partial charge in [-0.3, -0.25) is 9.59 Å². The highest BCUT2D eigenvalue weighted by atomic mass is 16.5. The van der Waals surface area contributed by atoms with E-state index in [0.717, 1.165) is 5.56 Å². The Balaban J connectivity index is 2.55. The molecule has 0 atom stereocenters. The van der Waals surface area contributed by atoms with Crippen LogP contribution in [0, 0.1) is 6.92 Å². The number of esters is 1. The topological polar surface area (TPSA) is 63.6 Å². The van der Waals surface area contributed by atoms with Crippen molar-refractivity contribution in [2.45, 2.75) is 26.2 Å². The maximum Gasteiger partial charge on any atom is 0.305 e. The number of carbonyl (C=O) groups excluding carboxylic acids is 2. The average Bonchev–Trinajstić information content (AvgIpc) is 2.28. The quantitative estimate of drug-likeness (QED) is 0.629. The Kier molecular flexibility index (Phi) is 4.69. The number of Topliss-reactive ketones (excluding diaryl/α,β-unsaturated/α-hetero) is 1. The highest BCUT2D eigenvalue weighted by molar-refractivity contribution is 5.98. The van der Waals surface area contributed by atoms with E-state index in [9.17, 15) is 14.7 Å². The lowest BCUT2D eigenvalue weighted by Crippen LogP contribution is -2.04. The Morgan fingerprint density at radius 3 is 2.59 bits per heavy atom. The fourth-order valence-electron chi connectivity index (χ4n) is 1.51. The minimum Gasteiger partial charge on any atom is -0.507 e. The molecule has 17 heavy (non-hydrogen) atoms. The van der Waals surface area contributed by atoms with Gasteiger partial charge in [-0.1, -0.05) is 6.07 Å². The number of hydrogen-bond acceptors (Lipinski definition) is 4.